The number of aliphatic hydroxyl groups excluding tert-OH is 1. The van der Waals surface area contributed by atoms with Gasteiger partial charge in [0.1, 0.15) is 17.2 Å². The van der Waals surface area contributed by atoms with Crippen LogP contribution in [-0.4, -0.2) is 39.5 Å². The van der Waals surface area contributed by atoms with Crippen molar-refractivity contribution in [2.45, 2.75) is 44.9 Å². The summed E-state index contributed by atoms with van der Waals surface area (Å²) in [4.78, 5) is 13.5. The Hall–Kier alpha value is -1.82. The van der Waals surface area contributed by atoms with Gasteiger partial charge in [-0.1, -0.05) is 0 Å². The maximum atomic E-state index is 13.4. The summed E-state index contributed by atoms with van der Waals surface area (Å²) in [6.45, 7) is 5.32. The first-order valence-corrected chi connectivity index (χ1v) is 6.83. The lowest BCUT2D eigenvalue weighted by Gasteiger charge is -2.28. The Morgan fingerprint density at radius 3 is 2.71 bits per heavy atom. The molecule has 5 nitrogen and oxygen atoms in total. The molecule has 0 bridgehead atoms. The van der Waals surface area contributed by atoms with Gasteiger partial charge < -0.3 is 14.9 Å². The summed E-state index contributed by atoms with van der Waals surface area (Å²) in [5.74, 6) is -0.614. The Balaban J connectivity index is 2.28. The summed E-state index contributed by atoms with van der Waals surface area (Å²) in [7, 11) is 0. The number of halogens is 1. The fraction of sp³-hybridized carbons (Fsp3) is 0.533. The van der Waals surface area contributed by atoms with E-state index in [1.54, 1.807) is 20.8 Å². The number of carbonyl (C=O) groups is 1. The van der Waals surface area contributed by atoms with Crippen molar-refractivity contribution < 1.29 is 24.1 Å². The van der Waals surface area contributed by atoms with Gasteiger partial charge in [-0.05, 0) is 45.4 Å². The van der Waals surface area contributed by atoms with Crippen LogP contribution in [0, 0.1) is 5.82 Å². The normalized spacial score (nSPS) is 22.4. The SMILES string of the molecule is CC(C)(C)OC(=O)N1C[C@H](O)CC1c1cc(F)ccc1O. The van der Waals surface area contributed by atoms with Crippen LogP contribution in [0.25, 0.3) is 0 Å². The highest BCUT2D eigenvalue weighted by Crippen LogP contribution is 2.37. The van der Waals surface area contributed by atoms with Gasteiger partial charge in [-0.15, -0.1) is 0 Å². The second-order valence-electron chi connectivity index (χ2n) is 6.24. The van der Waals surface area contributed by atoms with Crippen LogP contribution in [0.1, 0.15) is 38.8 Å². The van der Waals surface area contributed by atoms with Gasteiger partial charge in [-0.25, -0.2) is 9.18 Å². The molecule has 1 fully saturated rings. The zero-order valence-corrected chi connectivity index (χ0v) is 12.3. The molecule has 2 atom stereocenters. The van der Waals surface area contributed by atoms with E-state index in [1.165, 1.54) is 17.0 Å². The Morgan fingerprint density at radius 1 is 1.43 bits per heavy atom. The number of rotatable bonds is 1. The van der Waals surface area contributed by atoms with Gasteiger partial charge in [-0.2, -0.15) is 0 Å². The van der Waals surface area contributed by atoms with Crippen molar-refractivity contribution in [3.8, 4) is 5.75 Å². The molecule has 0 radical (unpaired) electrons. The van der Waals surface area contributed by atoms with Crippen LogP contribution in [0.2, 0.25) is 0 Å². The van der Waals surface area contributed by atoms with Crippen molar-refractivity contribution in [2.24, 2.45) is 0 Å². The molecule has 2 N–H and O–H groups in total. The highest BCUT2D eigenvalue weighted by Gasteiger charge is 2.38. The quantitative estimate of drug-likeness (QED) is 0.836. The molecule has 0 spiro atoms. The third-order valence-electron chi connectivity index (χ3n) is 3.26. The first-order valence-electron chi connectivity index (χ1n) is 6.83. The molecule has 1 saturated heterocycles. The third kappa shape index (κ3) is 3.64. The molecular weight excluding hydrogens is 277 g/mol. The van der Waals surface area contributed by atoms with Crippen LogP contribution in [0.4, 0.5) is 9.18 Å². The van der Waals surface area contributed by atoms with Crippen molar-refractivity contribution in [3.63, 3.8) is 0 Å². The maximum Gasteiger partial charge on any atom is 0.410 e. The standard InChI is InChI=1S/C15H20FNO4/c1-15(2,3)21-14(20)17-8-10(18)7-12(17)11-6-9(16)4-5-13(11)19/h4-6,10,12,18-19H,7-8H2,1-3H3/t10-,12?/m1/s1. The number of carbonyl (C=O) groups excluding carboxylic acids is 1. The Bertz CT molecular complexity index is 541. The monoisotopic (exact) mass is 297 g/mol. The van der Waals surface area contributed by atoms with Gasteiger partial charge >= 0.3 is 6.09 Å². The lowest BCUT2D eigenvalue weighted by Crippen LogP contribution is -2.37. The predicted molar refractivity (Wildman–Crippen MR) is 74.4 cm³/mol. The number of nitrogens with zero attached hydrogens (tertiary/aromatic N) is 1. The molecule has 0 aromatic heterocycles. The molecule has 0 aliphatic carbocycles. The zero-order chi connectivity index (χ0) is 15.8. The first kappa shape index (κ1) is 15.6. The van der Waals surface area contributed by atoms with Gasteiger partial charge in [0.25, 0.3) is 0 Å². The molecule has 116 valence electrons. The number of benzene rings is 1. The van der Waals surface area contributed by atoms with E-state index in [9.17, 15) is 19.4 Å². The number of phenols is 1. The molecule has 6 heteroatoms. The second kappa shape index (κ2) is 5.52. The maximum absolute atomic E-state index is 13.4. The number of hydrogen-bond donors (Lipinski definition) is 2. The average molecular weight is 297 g/mol. The van der Waals surface area contributed by atoms with Crippen LogP contribution in [-0.2, 0) is 4.74 Å². The highest BCUT2D eigenvalue weighted by molar-refractivity contribution is 5.69. The lowest BCUT2D eigenvalue weighted by atomic mass is 10.0. The van der Waals surface area contributed by atoms with Crippen LogP contribution in [0.3, 0.4) is 0 Å². The van der Waals surface area contributed by atoms with E-state index in [0.717, 1.165) is 6.07 Å². The van der Waals surface area contributed by atoms with E-state index in [2.05, 4.69) is 0 Å². The van der Waals surface area contributed by atoms with Gasteiger partial charge in [0, 0.05) is 5.56 Å². The van der Waals surface area contributed by atoms with E-state index in [1.807, 2.05) is 0 Å². The van der Waals surface area contributed by atoms with E-state index in [0.29, 0.717) is 0 Å². The first-order chi connectivity index (χ1) is 9.67. The van der Waals surface area contributed by atoms with E-state index >= 15 is 0 Å². The summed E-state index contributed by atoms with van der Waals surface area (Å²) in [6, 6.07) is 2.95. The number of hydrogen-bond acceptors (Lipinski definition) is 4. The van der Waals surface area contributed by atoms with E-state index in [-0.39, 0.29) is 24.3 Å². The highest BCUT2D eigenvalue weighted by atomic mass is 19.1. The van der Waals surface area contributed by atoms with Crippen molar-refractivity contribution in [1.82, 2.24) is 4.90 Å². The minimum Gasteiger partial charge on any atom is -0.508 e. The number of aromatic hydroxyl groups is 1. The molecule has 1 aliphatic heterocycles. The smallest absolute Gasteiger partial charge is 0.410 e. The van der Waals surface area contributed by atoms with Crippen LogP contribution < -0.4 is 0 Å². The number of ether oxygens (including phenoxy) is 1. The van der Waals surface area contributed by atoms with Gasteiger partial charge in [0.05, 0.1) is 18.7 Å². The Labute approximate surface area is 122 Å². The summed E-state index contributed by atoms with van der Waals surface area (Å²) in [5, 5.41) is 19.7. The molecular formula is C15H20FNO4. The molecule has 1 aliphatic rings. The van der Waals surface area contributed by atoms with Crippen molar-refractivity contribution in [3.05, 3.63) is 29.6 Å². The molecule has 2 rings (SSSR count). The molecule has 21 heavy (non-hydrogen) atoms. The van der Waals surface area contributed by atoms with Gasteiger partial charge in [0.2, 0.25) is 0 Å². The molecule has 1 aromatic rings. The number of phenolic OH excluding ortho intramolecular Hbond substituents is 1. The van der Waals surface area contributed by atoms with Crippen LogP contribution >= 0.6 is 0 Å². The minimum atomic E-state index is -0.731. The lowest BCUT2D eigenvalue weighted by molar-refractivity contribution is 0.0205. The number of likely N-dealkylation sites (tertiary alicyclic amines) is 1. The summed E-state index contributed by atoms with van der Waals surface area (Å²) in [6.07, 6.45) is -1.09. The van der Waals surface area contributed by atoms with E-state index in [4.69, 9.17) is 4.74 Å². The predicted octanol–water partition coefficient (Wildman–Crippen LogP) is 2.57. The summed E-state index contributed by atoms with van der Waals surface area (Å²) >= 11 is 0. The second-order valence-corrected chi connectivity index (χ2v) is 6.24. The summed E-state index contributed by atoms with van der Waals surface area (Å²) < 4.78 is 18.7. The molecule has 1 unspecified atom stereocenters. The Kier molecular flexibility index (Phi) is 4.09. The van der Waals surface area contributed by atoms with Crippen LogP contribution in [0.5, 0.6) is 5.75 Å². The number of β-amino-alcohol motifs (C(OH)–C–C–N with tert-alkyl or cyclic N) is 1. The molecule has 0 saturated carbocycles. The summed E-state index contributed by atoms with van der Waals surface area (Å²) in [5.41, 5.74) is -0.392. The molecule has 1 heterocycles. The van der Waals surface area contributed by atoms with Gasteiger partial charge in [0.15, 0.2) is 0 Å². The van der Waals surface area contributed by atoms with Crippen LogP contribution in [0.15, 0.2) is 18.2 Å². The molecule has 1 aromatic carbocycles. The Morgan fingerprint density at radius 2 is 2.10 bits per heavy atom. The fourth-order valence-electron chi connectivity index (χ4n) is 2.42. The van der Waals surface area contributed by atoms with Gasteiger partial charge in [-0.3, -0.25) is 4.90 Å². The largest absolute Gasteiger partial charge is 0.508 e. The zero-order valence-electron chi connectivity index (χ0n) is 12.3. The topological polar surface area (TPSA) is 70.0 Å². The van der Waals surface area contributed by atoms with E-state index < -0.39 is 29.7 Å². The van der Waals surface area contributed by atoms with Crippen molar-refractivity contribution in [1.29, 1.82) is 0 Å². The fourth-order valence-corrected chi connectivity index (χ4v) is 2.42. The van der Waals surface area contributed by atoms with Crippen molar-refractivity contribution >= 4 is 6.09 Å². The minimum absolute atomic E-state index is 0.0928. The number of aliphatic hydroxyl groups is 1. The number of amides is 1. The van der Waals surface area contributed by atoms with Crippen molar-refractivity contribution in [2.75, 3.05) is 6.54 Å². The third-order valence-corrected chi connectivity index (χ3v) is 3.26. The molecule has 1 amide bonds. The average Bonchev–Trinajstić information content (AvgIpc) is 2.72.